The molecule has 0 radical (unpaired) electrons. The van der Waals surface area contributed by atoms with Crippen LogP contribution in [0.2, 0.25) is 0 Å². The van der Waals surface area contributed by atoms with Crippen molar-refractivity contribution in [3.63, 3.8) is 0 Å². The first kappa shape index (κ1) is 60.3. The molecular weight excluding hydrogens is 1140 g/mol. The molecule has 6 atom stereocenters. The number of Topliss-reactive ketones (excluding diaryl/α,β-unsaturated/α-hetero) is 2. The van der Waals surface area contributed by atoms with Crippen LogP contribution in [-0.2, 0) is 39.6 Å². The Hall–Kier alpha value is -10.6. The molecule has 0 aliphatic heterocycles. The van der Waals surface area contributed by atoms with E-state index in [-0.39, 0.29) is 60.6 Å². The third kappa shape index (κ3) is 13.6. The van der Waals surface area contributed by atoms with E-state index in [1.54, 1.807) is 24.3 Å². The molecule has 3 aliphatic carbocycles. The van der Waals surface area contributed by atoms with Gasteiger partial charge in [0.1, 0.15) is 85.6 Å². The second-order valence-corrected chi connectivity index (χ2v) is 24.3. The minimum atomic E-state index is -0.950. The number of aromatic hydroxyl groups is 2. The van der Waals surface area contributed by atoms with Crippen LogP contribution in [-0.4, -0.2) is 21.8 Å². The predicted octanol–water partition coefficient (Wildman–Crippen LogP) is 18.3. The molecule has 0 heterocycles. The van der Waals surface area contributed by atoms with Crippen molar-refractivity contribution < 1.29 is 48.2 Å². The minimum absolute atomic E-state index is 0.0760. The Labute approximate surface area is 537 Å². The summed E-state index contributed by atoms with van der Waals surface area (Å²) in [6, 6.07) is 77.6. The van der Waals surface area contributed by atoms with Crippen molar-refractivity contribution in [2.75, 3.05) is 0 Å². The molecule has 13 rings (SSSR count). The predicted molar refractivity (Wildman–Crippen MR) is 357 cm³/mol. The normalized spacial score (nSPS) is 18.3. The van der Waals surface area contributed by atoms with Crippen LogP contribution in [0.3, 0.4) is 0 Å². The maximum absolute atomic E-state index is 16.8. The monoisotopic (exact) mass is 1220 g/mol. The lowest BCUT2D eigenvalue weighted by Crippen LogP contribution is -2.34. The van der Waals surface area contributed by atoms with Gasteiger partial charge >= 0.3 is 0 Å². The van der Waals surface area contributed by atoms with Gasteiger partial charge in [0, 0.05) is 70.9 Å². The summed E-state index contributed by atoms with van der Waals surface area (Å²) < 4.78 is 40.4. The third-order valence-corrected chi connectivity index (χ3v) is 18.0. The lowest BCUT2D eigenvalue weighted by Gasteiger charge is -2.40. The van der Waals surface area contributed by atoms with E-state index in [4.69, 9.17) is 28.4 Å². The molecule has 4 bridgehead atoms. The highest BCUT2D eigenvalue weighted by molar-refractivity contribution is 6.05. The molecule has 10 nitrogen and oxygen atoms in total. The Balaban J connectivity index is 0.999. The van der Waals surface area contributed by atoms with E-state index in [2.05, 4.69) is 26.0 Å². The van der Waals surface area contributed by atoms with Gasteiger partial charge in [0.2, 0.25) is 0 Å². The molecule has 10 aromatic rings. The average Bonchev–Trinajstić information content (AvgIpc) is 0.740. The molecule has 0 amide bonds. The summed E-state index contributed by atoms with van der Waals surface area (Å²) in [5.74, 6) is -2.97. The van der Waals surface area contributed by atoms with Gasteiger partial charge in [-0.2, -0.15) is 0 Å². The first-order valence-electron chi connectivity index (χ1n) is 31.5. The first-order valence-corrected chi connectivity index (χ1v) is 31.5. The van der Waals surface area contributed by atoms with Gasteiger partial charge in [-0.25, -0.2) is 0 Å². The Morgan fingerprint density at radius 3 is 0.891 bits per heavy atom. The summed E-state index contributed by atoms with van der Waals surface area (Å²) >= 11 is 0. The SMILES string of the molecule is CC1=C[C@@H]2c3cc(c(O)cc3OCc3ccccc3)C(=O)[C@@H]3[C@H](C=C(C)C[C@H]3c3ccc(OCc4ccccc4)cc3OCc3ccccc3)c3cc(c(O)cc3OCc3ccccc3)C(=O)[C@H]2[C@H](c2ccc(OCc3ccccc3)cc2OCc2ccccc2)C1. The maximum Gasteiger partial charge on any atom is 0.171 e. The van der Waals surface area contributed by atoms with Crippen LogP contribution in [0.4, 0.5) is 0 Å². The minimum Gasteiger partial charge on any atom is -0.507 e. The van der Waals surface area contributed by atoms with Crippen molar-refractivity contribution in [3.8, 4) is 46.0 Å². The fourth-order valence-electron chi connectivity index (χ4n) is 13.5. The Morgan fingerprint density at radius 1 is 0.326 bits per heavy atom. The number of carbonyl (C=O) groups is 2. The highest BCUT2D eigenvalue weighted by Crippen LogP contribution is 2.56. The maximum atomic E-state index is 16.8. The molecule has 3 aliphatic rings. The van der Waals surface area contributed by atoms with Gasteiger partial charge in [-0.1, -0.05) is 217 Å². The number of rotatable bonds is 20. The summed E-state index contributed by atoms with van der Waals surface area (Å²) in [5.41, 5.74) is 10.4. The number of allylic oxidation sites excluding steroid dienone is 4. The molecule has 0 saturated carbocycles. The Morgan fingerprint density at radius 2 is 0.598 bits per heavy atom. The first-order chi connectivity index (χ1) is 45.1. The summed E-state index contributed by atoms with van der Waals surface area (Å²) in [6.45, 7) is 5.48. The number of hydrogen-bond donors (Lipinski definition) is 2. The van der Waals surface area contributed by atoms with E-state index in [1.165, 1.54) is 0 Å². The van der Waals surface area contributed by atoms with Gasteiger partial charge in [0.25, 0.3) is 0 Å². The second-order valence-electron chi connectivity index (χ2n) is 24.3. The van der Waals surface area contributed by atoms with Crippen LogP contribution in [0.1, 0.15) is 127 Å². The zero-order chi connectivity index (χ0) is 62.9. The molecule has 0 saturated heterocycles. The molecule has 0 aromatic heterocycles. The molecule has 10 aromatic carbocycles. The van der Waals surface area contributed by atoms with Gasteiger partial charge in [0.15, 0.2) is 11.6 Å². The molecule has 460 valence electrons. The fraction of sp³-hybridized carbons (Fsp3) is 0.195. The highest BCUT2D eigenvalue weighted by atomic mass is 16.5. The van der Waals surface area contributed by atoms with Crippen molar-refractivity contribution >= 4 is 11.6 Å². The molecule has 0 unspecified atom stereocenters. The zero-order valence-corrected chi connectivity index (χ0v) is 51.5. The van der Waals surface area contributed by atoms with Crippen molar-refractivity contribution in [2.45, 2.75) is 90.0 Å². The highest BCUT2D eigenvalue weighted by Gasteiger charge is 2.47. The molecule has 92 heavy (non-hydrogen) atoms. The summed E-state index contributed by atoms with van der Waals surface area (Å²) in [4.78, 5) is 33.6. The largest absolute Gasteiger partial charge is 0.507 e. The van der Waals surface area contributed by atoms with Crippen LogP contribution in [0.25, 0.3) is 0 Å². The van der Waals surface area contributed by atoms with E-state index in [1.807, 2.05) is 218 Å². The van der Waals surface area contributed by atoms with E-state index in [0.29, 0.717) is 71.7 Å². The fourth-order valence-corrected chi connectivity index (χ4v) is 13.5. The smallest absolute Gasteiger partial charge is 0.171 e. The lowest BCUT2D eigenvalue weighted by molar-refractivity contribution is 0.0875. The van der Waals surface area contributed by atoms with Gasteiger partial charge in [-0.05, 0) is 95.5 Å². The van der Waals surface area contributed by atoms with Crippen molar-refractivity contribution in [1.82, 2.24) is 0 Å². The standard InChI is InChI=1S/C82H72O10/c1-53-37-67(63-35-33-61(87-47-55-21-9-3-10-22-55)41-75(63)89-49-57-25-13-5-14-26-57)79-69(39-53)65-43-71(73(83)45-77(65)91-51-59-29-17-7-18-30-59)82(86)80-68(64-36-34-62(88-48-56-23-11-4-12-24-56)42-76(64)90-50-58-27-15-6-16-28-58)38-54(2)40-70(80)66-44-72(81(79)85)74(84)46-78(66)92-52-60-31-19-8-20-32-60/h3-36,39-46,67-70,79-80,83-84H,37-38,47-52H2,1-2H3/t67-,68-,69+,70+,79-,80-/m0/s1. The number of carbonyl (C=O) groups excluding carboxylic acids is 2. The topological polar surface area (TPSA) is 130 Å². The van der Waals surface area contributed by atoms with Crippen LogP contribution in [0.15, 0.2) is 266 Å². The number of fused-ring (bicyclic) bond motifs is 8. The van der Waals surface area contributed by atoms with Gasteiger partial charge < -0.3 is 38.6 Å². The van der Waals surface area contributed by atoms with E-state index >= 15 is 9.59 Å². The number of ketones is 2. The molecule has 2 N–H and O–H groups in total. The number of benzene rings is 10. The third-order valence-electron chi connectivity index (χ3n) is 18.0. The van der Waals surface area contributed by atoms with Crippen LogP contribution in [0, 0.1) is 11.8 Å². The number of hydrogen-bond acceptors (Lipinski definition) is 10. The second kappa shape index (κ2) is 27.7. The average molecular weight is 1220 g/mol. The van der Waals surface area contributed by atoms with Gasteiger partial charge in [-0.15, -0.1) is 0 Å². The molecule has 0 fully saturated rings. The van der Waals surface area contributed by atoms with E-state index in [9.17, 15) is 10.2 Å². The number of ether oxygens (including phenoxy) is 6. The molecular formula is C82H72O10. The molecule has 10 heteroatoms. The Kier molecular flexibility index (Phi) is 18.1. The van der Waals surface area contributed by atoms with Crippen LogP contribution >= 0.6 is 0 Å². The van der Waals surface area contributed by atoms with Gasteiger partial charge in [-0.3, -0.25) is 9.59 Å². The van der Waals surface area contributed by atoms with Crippen LogP contribution < -0.4 is 28.4 Å². The summed E-state index contributed by atoms with van der Waals surface area (Å²) in [6.07, 6.45) is 5.06. The summed E-state index contributed by atoms with van der Waals surface area (Å²) in [7, 11) is 0. The van der Waals surface area contributed by atoms with Crippen molar-refractivity contribution in [2.24, 2.45) is 11.8 Å². The Bertz CT molecular complexity index is 4010. The van der Waals surface area contributed by atoms with Crippen LogP contribution in [0.5, 0.6) is 46.0 Å². The number of phenols is 2. The quantitative estimate of drug-likeness (QED) is 0.0712. The van der Waals surface area contributed by atoms with Gasteiger partial charge in [0.05, 0.1) is 11.1 Å². The van der Waals surface area contributed by atoms with E-state index in [0.717, 1.165) is 55.7 Å². The van der Waals surface area contributed by atoms with Crippen molar-refractivity contribution in [1.29, 1.82) is 0 Å². The van der Waals surface area contributed by atoms with E-state index < -0.39 is 35.5 Å². The van der Waals surface area contributed by atoms with Crippen molar-refractivity contribution in [3.05, 3.63) is 333 Å². The summed E-state index contributed by atoms with van der Waals surface area (Å²) in [5, 5.41) is 25.5. The molecule has 0 spiro atoms. The number of phenolic OH excluding ortho intramolecular Hbond substituents is 2. The zero-order valence-electron chi connectivity index (χ0n) is 51.5. The lowest BCUT2D eigenvalue weighted by atomic mass is 9.63.